The van der Waals surface area contributed by atoms with Crippen LogP contribution in [0.5, 0.6) is 0 Å². The maximum Gasteiger partial charge on any atom is 0.0638 e. The molecule has 1 aromatic heterocycles. The Morgan fingerprint density at radius 2 is 2.23 bits per heavy atom. The van der Waals surface area contributed by atoms with Crippen LogP contribution >= 0.6 is 0 Å². The number of nitrogens with one attached hydrogen (secondary N) is 1. The molecule has 1 aromatic rings. The Bertz CT molecular complexity index is 263. The molecule has 0 radical (unpaired) electrons. The lowest BCUT2D eigenvalue weighted by Crippen LogP contribution is -2.05. The van der Waals surface area contributed by atoms with E-state index in [2.05, 4.69) is 37.4 Å². The van der Waals surface area contributed by atoms with E-state index >= 15 is 0 Å². The second kappa shape index (κ2) is 4.42. The maximum absolute atomic E-state index is 4.45. The van der Waals surface area contributed by atoms with Gasteiger partial charge in [0, 0.05) is 24.8 Å². The third kappa shape index (κ3) is 2.84. The lowest BCUT2D eigenvalue weighted by atomic mass is 10.2. The van der Waals surface area contributed by atoms with Gasteiger partial charge in [0.05, 0.1) is 5.69 Å². The quantitative estimate of drug-likeness (QED) is 0.764. The van der Waals surface area contributed by atoms with Gasteiger partial charge in [-0.25, -0.2) is 0 Å². The van der Waals surface area contributed by atoms with Crippen LogP contribution in [0.2, 0.25) is 0 Å². The van der Waals surface area contributed by atoms with Crippen molar-refractivity contribution in [1.29, 1.82) is 0 Å². The molecular weight excluding hydrogens is 162 g/mol. The van der Waals surface area contributed by atoms with Gasteiger partial charge in [-0.05, 0) is 19.9 Å². The molecule has 0 bridgehead atoms. The average Bonchev–Trinajstić information content (AvgIpc) is 2.31. The third-order valence-corrected chi connectivity index (χ3v) is 1.97. The SMILES string of the molecule is CNCc1cn(CC(C)C)nc1C. The summed E-state index contributed by atoms with van der Waals surface area (Å²) < 4.78 is 2.03. The van der Waals surface area contributed by atoms with Gasteiger partial charge < -0.3 is 5.32 Å². The minimum absolute atomic E-state index is 0.654. The highest BCUT2D eigenvalue weighted by molar-refractivity contribution is 5.14. The Morgan fingerprint density at radius 3 is 2.77 bits per heavy atom. The predicted octanol–water partition coefficient (Wildman–Crippen LogP) is 1.57. The molecule has 74 valence electrons. The van der Waals surface area contributed by atoms with Crippen LogP contribution in [0.4, 0.5) is 0 Å². The zero-order valence-electron chi connectivity index (χ0n) is 8.96. The van der Waals surface area contributed by atoms with Crippen LogP contribution in [0.15, 0.2) is 6.20 Å². The molecule has 0 aliphatic rings. The van der Waals surface area contributed by atoms with Crippen molar-refractivity contribution in [3.63, 3.8) is 0 Å². The van der Waals surface area contributed by atoms with Crippen LogP contribution < -0.4 is 5.32 Å². The molecule has 0 aliphatic carbocycles. The van der Waals surface area contributed by atoms with E-state index in [-0.39, 0.29) is 0 Å². The zero-order chi connectivity index (χ0) is 9.84. The fourth-order valence-corrected chi connectivity index (χ4v) is 1.39. The molecule has 0 spiro atoms. The van der Waals surface area contributed by atoms with E-state index in [4.69, 9.17) is 0 Å². The monoisotopic (exact) mass is 181 g/mol. The second-order valence-corrected chi connectivity index (χ2v) is 3.89. The summed E-state index contributed by atoms with van der Waals surface area (Å²) in [5.74, 6) is 0.654. The molecule has 1 rings (SSSR count). The molecule has 0 unspecified atom stereocenters. The van der Waals surface area contributed by atoms with Gasteiger partial charge in [0.15, 0.2) is 0 Å². The van der Waals surface area contributed by atoms with Crippen molar-refractivity contribution in [3.05, 3.63) is 17.5 Å². The number of aryl methyl sites for hydroxylation is 1. The first-order chi connectivity index (χ1) is 6.13. The number of rotatable bonds is 4. The van der Waals surface area contributed by atoms with Gasteiger partial charge in [0.1, 0.15) is 0 Å². The van der Waals surface area contributed by atoms with Gasteiger partial charge in [0.25, 0.3) is 0 Å². The molecule has 3 nitrogen and oxygen atoms in total. The molecular formula is C10H19N3. The Hall–Kier alpha value is -0.830. The highest BCUT2D eigenvalue weighted by Crippen LogP contribution is 2.06. The standard InChI is InChI=1S/C10H19N3/c1-8(2)6-13-7-10(5-11-4)9(3)12-13/h7-8,11H,5-6H2,1-4H3. The minimum Gasteiger partial charge on any atom is -0.316 e. The highest BCUT2D eigenvalue weighted by Gasteiger charge is 2.04. The Kier molecular flexibility index (Phi) is 3.48. The summed E-state index contributed by atoms with van der Waals surface area (Å²) >= 11 is 0. The van der Waals surface area contributed by atoms with E-state index in [1.807, 2.05) is 11.7 Å². The van der Waals surface area contributed by atoms with Crippen LogP contribution in [0.1, 0.15) is 25.1 Å². The first-order valence-corrected chi connectivity index (χ1v) is 4.81. The summed E-state index contributed by atoms with van der Waals surface area (Å²) in [5.41, 5.74) is 2.43. The van der Waals surface area contributed by atoms with E-state index in [9.17, 15) is 0 Å². The Labute approximate surface area is 80.1 Å². The maximum atomic E-state index is 4.45. The summed E-state index contributed by atoms with van der Waals surface area (Å²) in [6, 6.07) is 0. The number of aromatic nitrogens is 2. The van der Waals surface area contributed by atoms with E-state index in [0.29, 0.717) is 5.92 Å². The van der Waals surface area contributed by atoms with E-state index < -0.39 is 0 Å². The van der Waals surface area contributed by atoms with Crippen LogP contribution in [-0.4, -0.2) is 16.8 Å². The average molecular weight is 181 g/mol. The fourth-order valence-electron chi connectivity index (χ4n) is 1.39. The number of nitrogens with zero attached hydrogens (tertiary/aromatic N) is 2. The van der Waals surface area contributed by atoms with Crippen molar-refractivity contribution < 1.29 is 0 Å². The lowest BCUT2D eigenvalue weighted by molar-refractivity contribution is 0.481. The zero-order valence-corrected chi connectivity index (χ0v) is 8.96. The molecule has 1 heterocycles. The Balaban J connectivity index is 2.70. The smallest absolute Gasteiger partial charge is 0.0638 e. The van der Waals surface area contributed by atoms with Crippen LogP contribution in [0.3, 0.4) is 0 Å². The third-order valence-electron chi connectivity index (χ3n) is 1.97. The van der Waals surface area contributed by atoms with Crippen molar-refractivity contribution in [2.75, 3.05) is 7.05 Å². The predicted molar refractivity (Wildman–Crippen MR) is 54.6 cm³/mol. The molecule has 0 aromatic carbocycles. The molecule has 3 heteroatoms. The van der Waals surface area contributed by atoms with Crippen molar-refractivity contribution in [1.82, 2.24) is 15.1 Å². The molecule has 0 aliphatic heterocycles. The summed E-state index contributed by atoms with van der Waals surface area (Å²) in [5, 5.41) is 7.58. The molecule has 0 atom stereocenters. The van der Waals surface area contributed by atoms with Crippen molar-refractivity contribution >= 4 is 0 Å². The number of hydrogen-bond donors (Lipinski definition) is 1. The lowest BCUT2D eigenvalue weighted by Gasteiger charge is -2.03. The first-order valence-electron chi connectivity index (χ1n) is 4.81. The highest BCUT2D eigenvalue weighted by atomic mass is 15.3. The van der Waals surface area contributed by atoms with Crippen LogP contribution in [0, 0.1) is 12.8 Å². The van der Waals surface area contributed by atoms with E-state index in [1.54, 1.807) is 0 Å². The molecule has 0 saturated carbocycles. The van der Waals surface area contributed by atoms with Gasteiger partial charge in [-0.2, -0.15) is 5.10 Å². The van der Waals surface area contributed by atoms with Gasteiger partial charge in [-0.1, -0.05) is 13.8 Å². The largest absolute Gasteiger partial charge is 0.316 e. The topological polar surface area (TPSA) is 29.9 Å². The normalized spacial score (nSPS) is 11.2. The molecule has 13 heavy (non-hydrogen) atoms. The minimum atomic E-state index is 0.654. The molecule has 0 amide bonds. The van der Waals surface area contributed by atoms with Gasteiger partial charge in [-0.3, -0.25) is 4.68 Å². The van der Waals surface area contributed by atoms with E-state index in [0.717, 1.165) is 18.8 Å². The van der Waals surface area contributed by atoms with Gasteiger partial charge in [0.2, 0.25) is 0 Å². The van der Waals surface area contributed by atoms with Crippen molar-refractivity contribution in [3.8, 4) is 0 Å². The van der Waals surface area contributed by atoms with Crippen LogP contribution in [-0.2, 0) is 13.1 Å². The second-order valence-electron chi connectivity index (χ2n) is 3.89. The Morgan fingerprint density at radius 1 is 1.54 bits per heavy atom. The molecule has 1 N–H and O–H groups in total. The van der Waals surface area contributed by atoms with E-state index in [1.165, 1.54) is 5.56 Å². The summed E-state index contributed by atoms with van der Waals surface area (Å²) in [6.07, 6.45) is 2.13. The van der Waals surface area contributed by atoms with Gasteiger partial charge >= 0.3 is 0 Å². The summed E-state index contributed by atoms with van der Waals surface area (Å²) in [7, 11) is 1.96. The van der Waals surface area contributed by atoms with Crippen molar-refractivity contribution in [2.45, 2.75) is 33.9 Å². The molecule has 0 saturated heterocycles. The summed E-state index contributed by atoms with van der Waals surface area (Å²) in [4.78, 5) is 0. The van der Waals surface area contributed by atoms with Crippen molar-refractivity contribution in [2.24, 2.45) is 5.92 Å². The first kappa shape index (κ1) is 10.3. The summed E-state index contributed by atoms with van der Waals surface area (Å²) in [6.45, 7) is 8.38. The molecule has 0 fully saturated rings. The number of hydrogen-bond acceptors (Lipinski definition) is 2. The van der Waals surface area contributed by atoms with Crippen LogP contribution in [0.25, 0.3) is 0 Å². The fraction of sp³-hybridized carbons (Fsp3) is 0.700. The van der Waals surface area contributed by atoms with Gasteiger partial charge in [-0.15, -0.1) is 0 Å².